The van der Waals surface area contributed by atoms with Gasteiger partial charge in [-0.05, 0) is 28.8 Å². The number of likely N-dealkylation sites (tertiary alicyclic amines) is 1. The Balaban J connectivity index is 1.27. The Morgan fingerprint density at radius 2 is 1.74 bits per heavy atom. The molecule has 1 fully saturated rings. The molecular weight excluding hydrogens is 345 g/mol. The van der Waals surface area contributed by atoms with Crippen molar-refractivity contribution in [1.82, 2.24) is 15.1 Å². The maximum absolute atomic E-state index is 13.0. The third kappa shape index (κ3) is 4.17. The minimum Gasteiger partial charge on any atom is -0.350 e. The highest BCUT2D eigenvalue weighted by Gasteiger charge is 2.31. The van der Waals surface area contributed by atoms with Crippen molar-refractivity contribution in [2.45, 2.75) is 32.1 Å². The van der Waals surface area contributed by atoms with Crippen molar-refractivity contribution in [1.29, 1.82) is 0 Å². The lowest BCUT2D eigenvalue weighted by Gasteiger charge is -2.19. The van der Waals surface area contributed by atoms with Gasteiger partial charge >= 0.3 is 0 Å². The smallest absolute Gasteiger partial charge is 0.234 e. The highest BCUT2D eigenvalue weighted by molar-refractivity contribution is 5.83. The Bertz CT molecular complexity index is 828. The van der Waals surface area contributed by atoms with Crippen LogP contribution in [0, 0.1) is 5.82 Å². The van der Waals surface area contributed by atoms with E-state index in [4.69, 9.17) is 0 Å². The number of nitrogens with one attached hydrogen (secondary N) is 1. The van der Waals surface area contributed by atoms with Crippen molar-refractivity contribution in [3.63, 3.8) is 0 Å². The standard InChI is InChI=1S/C21H22FN3O2/c22-18-7-5-15(6-8-18)10-25-13-19(9-21(25)27)23-20(26)14-24-11-16-3-1-2-4-17(16)12-24/h1-8,19H,9-14H2,(H,23,26). The number of amides is 2. The second-order valence-corrected chi connectivity index (χ2v) is 7.28. The van der Waals surface area contributed by atoms with Crippen LogP contribution in [0.4, 0.5) is 4.39 Å². The zero-order chi connectivity index (χ0) is 18.8. The van der Waals surface area contributed by atoms with Gasteiger partial charge in [0.05, 0.1) is 12.6 Å². The Morgan fingerprint density at radius 1 is 1.07 bits per heavy atom. The molecule has 2 heterocycles. The van der Waals surface area contributed by atoms with Crippen molar-refractivity contribution >= 4 is 11.8 Å². The third-order valence-corrected chi connectivity index (χ3v) is 5.14. The molecule has 1 atom stereocenters. The molecule has 1 saturated heterocycles. The topological polar surface area (TPSA) is 52.7 Å². The van der Waals surface area contributed by atoms with E-state index in [2.05, 4.69) is 22.3 Å². The number of nitrogens with zero attached hydrogens (tertiary/aromatic N) is 2. The van der Waals surface area contributed by atoms with Gasteiger partial charge in [-0.1, -0.05) is 36.4 Å². The predicted molar refractivity (Wildman–Crippen MR) is 98.9 cm³/mol. The molecule has 0 aromatic heterocycles. The van der Waals surface area contributed by atoms with Crippen molar-refractivity contribution < 1.29 is 14.0 Å². The Hall–Kier alpha value is -2.73. The number of fused-ring (bicyclic) bond motifs is 1. The van der Waals surface area contributed by atoms with Gasteiger partial charge in [0.2, 0.25) is 11.8 Å². The molecule has 2 aliphatic rings. The maximum Gasteiger partial charge on any atom is 0.234 e. The molecule has 0 aliphatic carbocycles. The molecule has 1 N–H and O–H groups in total. The minimum atomic E-state index is -0.291. The van der Waals surface area contributed by atoms with Gasteiger partial charge in [-0.15, -0.1) is 0 Å². The normalized spacial score (nSPS) is 19.4. The summed E-state index contributed by atoms with van der Waals surface area (Å²) in [6, 6.07) is 14.2. The highest BCUT2D eigenvalue weighted by atomic mass is 19.1. The van der Waals surface area contributed by atoms with Crippen LogP contribution in [0.2, 0.25) is 0 Å². The fourth-order valence-electron chi connectivity index (χ4n) is 3.82. The first kappa shape index (κ1) is 17.7. The van der Waals surface area contributed by atoms with Crippen LogP contribution in [0.5, 0.6) is 0 Å². The van der Waals surface area contributed by atoms with E-state index in [1.165, 1.54) is 23.3 Å². The molecule has 4 rings (SSSR count). The van der Waals surface area contributed by atoms with Crippen molar-refractivity contribution in [3.8, 4) is 0 Å². The first-order valence-electron chi connectivity index (χ1n) is 9.17. The molecule has 0 radical (unpaired) electrons. The molecule has 6 heteroatoms. The highest BCUT2D eigenvalue weighted by Crippen LogP contribution is 2.22. The summed E-state index contributed by atoms with van der Waals surface area (Å²) in [5.74, 6) is -0.330. The summed E-state index contributed by atoms with van der Waals surface area (Å²) in [7, 11) is 0. The summed E-state index contributed by atoms with van der Waals surface area (Å²) < 4.78 is 13.0. The van der Waals surface area contributed by atoms with Gasteiger partial charge in [-0.2, -0.15) is 0 Å². The number of hydrogen-bond donors (Lipinski definition) is 1. The summed E-state index contributed by atoms with van der Waals surface area (Å²) in [6.07, 6.45) is 0.313. The van der Waals surface area contributed by atoms with Crippen LogP contribution in [0.3, 0.4) is 0 Å². The second kappa shape index (κ2) is 7.48. The summed E-state index contributed by atoms with van der Waals surface area (Å²) in [6.45, 7) is 2.82. The van der Waals surface area contributed by atoms with Crippen LogP contribution in [0.25, 0.3) is 0 Å². The first-order valence-corrected chi connectivity index (χ1v) is 9.17. The van der Waals surface area contributed by atoms with Crippen LogP contribution >= 0.6 is 0 Å². The van der Waals surface area contributed by atoms with E-state index in [0.29, 0.717) is 26.1 Å². The number of rotatable bonds is 5. The van der Waals surface area contributed by atoms with Crippen LogP contribution < -0.4 is 5.32 Å². The van der Waals surface area contributed by atoms with Crippen LogP contribution in [0.15, 0.2) is 48.5 Å². The summed E-state index contributed by atoms with van der Waals surface area (Å²) in [4.78, 5) is 28.4. The Morgan fingerprint density at radius 3 is 2.41 bits per heavy atom. The lowest BCUT2D eigenvalue weighted by atomic mass is 10.1. The Labute approximate surface area is 157 Å². The van der Waals surface area contributed by atoms with E-state index in [1.54, 1.807) is 17.0 Å². The fourth-order valence-corrected chi connectivity index (χ4v) is 3.82. The predicted octanol–water partition coefficient (Wildman–Crippen LogP) is 2.06. The van der Waals surface area contributed by atoms with Crippen molar-refractivity contribution in [2.24, 2.45) is 0 Å². The van der Waals surface area contributed by atoms with Gasteiger partial charge in [-0.3, -0.25) is 14.5 Å². The van der Waals surface area contributed by atoms with Gasteiger partial charge < -0.3 is 10.2 Å². The van der Waals surface area contributed by atoms with Crippen molar-refractivity contribution in [2.75, 3.05) is 13.1 Å². The molecule has 2 aromatic rings. The fraction of sp³-hybridized carbons (Fsp3) is 0.333. The molecule has 2 aromatic carbocycles. The van der Waals surface area contributed by atoms with E-state index >= 15 is 0 Å². The van der Waals surface area contributed by atoms with E-state index < -0.39 is 0 Å². The average molecular weight is 367 g/mol. The minimum absolute atomic E-state index is 0.0122. The zero-order valence-corrected chi connectivity index (χ0v) is 15.0. The molecule has 1 unspecified atom stereocenters. The molecule has 2 amide bonds. The van der Waals surface area contributed by atoms with Crippen LogP contribution in [0.1, 0.15) is 23.1 Å². The molecule has 0 saturated carbocycles. The monoisotopic (exact) mass is 367 g/mol. The zero-order valence-electron chi connectivity index (χ0n) is 15.0. The molecule has 27 heavy (non-hydrogen) atoms. The quantitative estimate of drug-likeness (QED) is 0.880. The lowest BCUT2D eigenvalue weighted by molar-refractivity contribution is -0.128. The Kier molecular flexibility index (Phi) is 4.90. The number of halogens is 1. The largest absolute Gasteiger partial charge is 0.350 e. The third-order valence-electron chi connectivity index (χ3n) is 5.14. The van der Waals surface area contributed by atoms with Gasteiger partial charge in [0.15, 0.2) is 0 Å². The number of benzene rings is 2. The number of carbonyl (C=O) groups excluding carboxylic acids is 2. The number of carbonyl (C=O) groups is 2. The maximum atomic E-state index is 13.0. The van der Waals surface area contributed by atoms with E-state index in [-0.39, 0.29) is 23.7 Å². The van der Waals surface area contributed by atoms with Crippen LogP contribution in [-0.2, 0) is 29.2 Å². The van der Waals surface area contributed by atoms with E-state index in [0.717, 1.165) is 18.7 Å². The summed E-state index contributed by atoms with van der Waals surface area (Å²) in [5, 5.41) is 2.98. The van der Waals surface area contributed by atoms with Gasteiger partial charge in [0, 0.05) is 32.6 Å². The molecule has 0 bridgehead atoms. The van der Waals surface area contributed by atoms with E-state index in [1.807, 2.05) is 12.1 Å². The molecule has 0 spiro atoms. The molecule has 5 nitrogen and oxygen atoms in total. The average Bonchev–Trinajstić information content (AvgIpc) is 3.19. The second-order valence-electron chi connectivity index (χ2n) is 7.28. The number of hydrogen-bond acceptors (Lipinski definition) is 3. The lowest BCUT2D eigenvalue weighted by Crippen LogP contribution is -2.42. The first-order chi connectivity index (χ1) is 13.1. The van der Waals surface area contributed by atoms with Gasteiger partial charge in [0.1, 0.15) is 5.82 Å². The molecule has 2 aliphatic heterocycles. The summed E-state index contributed by atoms with van der Waals surface area (Å²) >= 11 is 0. The molecular formula is C21H22FN3O2. The van der Waals surface area contributed by atoms with Crippen LogP contribution in [-0.4, -0.2) is 40.7 Å². The van der Waals surface area contributed by atoms with Gasteiger partial charge in [-0.25, -0.2) is 4.39 Å². The SMILES string of the molecule is O=C(CN1Cc2ccccc2C1)NC1CC(=O)N(Cc2ccc(F)cc2)C1. The molecule has 140 valence electrons. The summed E-state index contributed by atoms with van der Waals surface area (Å²) in [5.41, 5.74) is 3.42. The van der Waals surface area contributed by atoms with Crippen molar-refractivity contribution in [3.05, 3.63) is 71.0 Å². The van der Waals surface area contributed by atoms with E-state index in [9.17, 15) is 14.0 Å². The van der Waals surface area contributed by atoms with Gasteiger partial charge in [0.25, 0.3) is 0 Å².